The fourth-order valence-corrected chi connectivity index (χ4v) is 3.21. The van der Waals surface area contributed by atoms with E-state index in [-0.39, 0.29) is 6.09 Å². The van der Waals surface area contributed by atoms with Crippen LogP contribution in [0.2, 0.25) is 0 Å². The van der Waals surface area contributed by atoms with Gasteiger partial charge in [0.1, 0.15) is 5.60 Å². The predicted octanol–water partition coefficient (Wildman–Crippen LogP) is 4.33. The Morgan fingerprint density at radius 1 is 1.27 bits per heavy atom. The van der Waals surface area contributed by atoms with Gasteiger partial charge in [-0.2, -0.15) is 0 Å². The molecule has 1 rings (SSSR count). The molecule has 0 radical (unpaired) electrons. The third kappa shape index (κ3) is 6.55. The molecule has 130 valence electrons. The normalized spacial score (nSPS) is 21.0. The van der Waals surface area contributed by atoms with E-state index in [1.165, 1.54) is 6.42 Å². The first-order valence-corrected chi connectivity index (χ1v) is 9.02. The Hall–Kier alpha value is -0.770. The summed E-state index contributed by atoms with van der Waals surface area (Å²) in [6.07, 6.45) is 6.56. The van der Waals surface area contributed by atoms with Crippen molar-refractivity contribution in [3.63, 3.8) is 0 Å². The van der Waals surface area contributed by atoms with Gasteiger partial charge >= 0.3 is 6.09 Å². The minimum atomic E-state index is -0.418. The van der Waals surface area contributed by atoms with Gasteiger partial charge in [-0.1, -0.05) is 13.8 Å². The number of amides is 1. The maximum Gasteiger partial charge on any atom is 0.410 e. The molecule has 0 aromatic rings. The zero-order valence-corrected chi connectivity index (χ0v) is 15.4. The van der Waals surface area contributed by atoms with E-state index in [2.05, 4.69) is 26.1 Å². The van der Waals surface area contributed by atoms with E-state index in [9.17, 15) is 4.79 Å². The molecule has 4 heteroatoms. The lowest BCUT2D eigenvalue weighted by Gasteiger charge is -2.38. The number of carbonyl (C=O) groups is 1. The monoisotopic (exact) mass is 312 g/mol. The fourth-order valence-electron chi connectivity index (χ4n) is 3.21. The molecule has 1 heterocycles. The molecule has 0 aliphatic carbocycles. The van der Waals surface area contributed by atoms with Crippen LogP contribution in [-0.2, 0) is 4.74 Å². The van der Waals surface area contributed by atoms with Gasteiger partial charge in [-0.25, -0.2) is 4.79 Å². The van der Waals surface area contributed by atoms with E-state index < -0.39 is 5.60 Å². The first kappa shape index (κ1) is 19.3. The van der Waals surface area contributed by atoms with Crippen molar-refractivity contribution < 1.29 is 9.53 Å². The third-order valence-corrected chi connectivity index (χ3v) is 4.39. The Morgan fingerprint density at radius 3 is 2.45 bits per heavy atom. The predicted molar refractivity (Wildman–Crippen MR) is 92.2 cm³/mol. The Labute approximate surface area is 137 Å². The molecule has 1 fully saturated rings. The highest BCUT2D eigenvalue weighted by molar-refractivity contribution is 5.68. The third-order valence-electron chi connectivity index (χ3n) is 4.39. The zero-order valence-electron chi connectivity index (χ0n) is 15.4. The minimum absolute atomic E-state index is 0.146. The SMILES string of the molecule is CCC(CC)NC(C)CC1CCCCN1C(=O)OC(C)(C)C. The van der Waals surface area contributed by atoms with E-state index in [0.29, 0.717) is 18.1 Å². The summed E-state index contributed by atoms with van der Waals surface area (Å²) in [5.74, 6) is 0. The van der Waals surface area contributed by atoms with Crippen LogP contribution in [0.1, 0.15) is 80.1 Å². The second-order valence-electron chi connectivity index (χ2n) is 7.64. The molecule has 0 bridgehead atoms. The van der Waals surface area contributed by atoms with Crippen molar-refractivity contribution in [1.29, 1.82) is 0 Å². The number of rotatable bonds is 6. The van der Waals surface area contributed by atoms with Crippen LogP contribution < -0.4 is 5.32 Å². The summed E-state index contributed by atoms with van der Waals surface area (Å²) in [5.41, 5.74) is -0.418. The molecule has 1 amide bonds. The molecular weight excluding hydrogens is 276 g/mol. The van der Waals surface area contributed by atoms with Crippen LogP contribution in [0, 0.1) is 0 Å². The molecule has 0 spiro atoms. The summed E-state index contributed by atoms with van der Waals surface area (Å²) in [6, 6.07) is 1.31. The molecular formula is C18H36N2O2. The van der Waals surface area contributed by atoms with Crippen LogP contribution >= 0.6 is 0 Å². The summed E-state index contributed by atoms with van der Waals surface area (Å²) in [6.45, 7) is 13.3. The average molecular weight is 312 g/mol. The molecule has 0 aromatic carbocycles. The molecule has 4 nitrogen and oxygen atoms in total. The second kappa shape index (κ2) is 8.76. The zero-order chi connectivity index (χ0) is 16.8. The number of nitrogens with zero attached hydrogens (tertiary/aromatic N) is 1. The van der Waals surface area contributed by atoms with Crippen molar-refractivity contribution in [2.24, 2.45) is 0 Å². The molecule has 1 aliphatic rings. The highest BCUT2D eigenvalue weighted by Gasteiger charge is 2.31. The van der Waals surface area contributed by atoms with E-state index in [0.717, 1.165) is 38.6 Å². The first-order valence-electron chi connectivity index (χ1n) is 9.02. The molecule has 1 N–H and O–H groups in total. The average Bonchev–Trinajstić information content (AvgIpc) is 2.43. The lowest BCUT2D eigenvalue weighted by atomic mass is 9.96. The maximum absolute atomic E-state index is 12.4. The number of ether oxygens (including phenoxy) is 1. The van der Waals surface area contributed by atoms with Crippen molar-refractivity contribution in [3.05, 3.63) is 0 Å². The highest BCUT2D eigenvalue weighted by Crippen LogP contribution is 2.23. The number of nitrogens with one attached hydrogen (secondary N) is 1. The molecule has 1 saturated heterocycles. The smallest absolute Gasteiger partial charge is 0.410 e. The summed E-state index contributed by atoms with van der Waals surface area (Å²) in [7, 11) is 0. The quantitative estimate of drug-likeness (QED) is 0.793. The molecule has 2 unspecified atom stereocenters. The summed E-state index contributed by atoms with van der Waals surface area (Å²) in [5, 5.41) is 3.69. The van der Waals surface area contributed by atoms with Crippen molar-refractivity contribution >= 4 is 6.09 Å². The van der Waals surface area contributed by atoms with Gasteiger partial charge in [-0.15, -0.1) is 0 Å². The summed E-state index contributed by atoms with van der Waals surface area (Å²) >= 11 is 0. The fraction of sp³-hybridized carbons (Fsp3) is 0.944. The number of hydrogen-bond donors (Lipinski definition) is 1. The van der Waals surface area contributed by atoms with Crippen LogP contribution in [0.3, 0.4) is 0 Å². The first-order chi connectivity index (χ1) is 10.3. The molecule has 0 saturated carbocycles. The van der Waals surface area contributed by atoms with Gasteiger partial charge < -0.3 is 15.0 Å². The lowest BCUT2D eigenvalue weighted by Crippen LogP contribution is -2.49. The van der Waals surface area contributed by atoms with Gasteiger partial charge in [0.05, 0.1) is 0 Å². The highest BCUT2D eigenvalue weighted by atomic mass is 16.6. The number of carbonyl (C=O) groups excluding carboxylic acids is 1. The van der Waals surface area contributed by atoms with Crippen LogP contribution in [-0.4, -0.2) is 41.3 Å². The van der Waals surface area contributed by atoms with Crippen LogP contribution in [0.15, 0.2) is 0 Å². The maximum atomic E-state index is 12.4. The van der Waals surface area contributed by atoms with Crippen molar-refractivity contribution in [2.45, 2.75) is 104 Å². The Bertz CT molecular complexity index is 334. The number of piperidine rings is 1. The summed E-state index contributed by atoms with van der Waals surface area (Å²) < 4.78 is 5.58. The second-order valence-corrected chi connectivity index (χ2v) is 7.64. The van der Waals surface area contributed by atoms with Gasteiger partial charge in [-0.3, -0.25) is 0 Å². The standard InChI is InChI=1S/C18H36N2O2/c1-7-15(8-2)19-14(3)13-16-11-9-10-12-20(16)17(21)22-18(4,5)6/h14-16,19H,7-13H2,1-6H3. The van der Waals surface area contributed by atoms with Crippen molar-refractivity contribution in [2.75, 3.05) is 6.54 Å². The Morgan fingerprint density at radius 2 is 1.91 bits per heavy atom. The van der Waals surface area contributed by atoms with Gasteiger partial charge in [0.25, 0.3) is 0 Å². The largest absolute Gasteiger partial charge is 0.444 e. The molecule has 0 aromatic heterocycles. The van der Waals surface area contributed by atoms with E-state index in [4.69, 9.17) is 4.74 Å². The van der Waals surface area contributed by atoms with Crippen molar-refractivity contribution in [3.8, 4) is 0 Å². The Balaban J connectivity index is 2.59. The molecule has 2 atom stereocenters. The van der Waals surface area contributed by atoms with E-state index in [1.807, 2.05) is 25.7 Å². The van der Waals surface area contributed by atoms with Gasteiger partial charge in [-0.05, 0) is 66.2 Å². The van der Waals surface area contributed by atoms with E-state index >= 15 is 0 Å². The van der Waals surface area contributed by atoms with Crippen molar-refractivity contribution in [1.82, 2.24) is 10.2 Å². The topological polar surface area (TPSA) is 41.6 Å². The van der Waals surface area contributed by atoms with Crippen LogP contribution in [0.5, 0.6) is 0 Å². The van der Waals surface area contributed by atoms with Gasteiger partial charge in [0.15, 0.2) is 0 Å². The van der Waals surface area contributed by atoms with Crippen LogP contribution in [0.4, 0.5) is 4.79 Å². The van der Waals surface area contributed by atoms with Gasteiger partial charge in [0, 0.05) is 24.7 Å². The molecule has 1 aliphatic heterocycles. The number of hydrogen-bond acceptors (Lipinski definition) is 3. The summed E-state index contributed by atoms with van der Waals surface area (Å²) in [4.78, 5) is 14.4. The van der Waals surface area contributed by atoms with Gasteiger partial charge in [0.2, 0.25) is 0 Å². The minimum Gasteiger partial charge on any atom is -0.444 e. The Kier molecular flexibility index (Phi) is 7.67. The molecule has 22 heavy (non-hydrogen) atoms. The number of likely N-dealkylation sites (tertiary alicyclic amines) is 1. The lowest BCUT2D eigenvalue weighted by molar-refractivity contribution is 0.00777. The van der Waals surface area contributed by atoms with Crippen LogP contribution in [0.25, 0.3) is 0 Å². The van der Waals surface area contributed by atoms with E-state index in [1.54, 1.807) is 0 Å².